The van der Waals surface area contributed by atoms with Crippen LogP contribution in [0.15, 0.2) is 51.9 Å². The molecule has 0 saturated carbocycles. The van der Waals surface area contributed by atoms with Crippen molar-refractivity contribution in [2.75, 3.05) is 5.73 Å². The van der Waals surface area contributed by atoms with Gasteiger partial charge < -0.3 is 15.6 Å². The number of carbonyl (C=O) groups excluding carboxylic acids is 1. The molecule has 0 saturated heterocycles. The van der Waals surface area contributed by atoms with Crippen molar-refractivity contribution in [1.82, 2.24) is 9.88 Å². The lowest BCUT2D eigenvalue weighted by Gasteiger charge is -2.08. The molecular formula is C14H14BrN3O2. The predicted molar refractivity (Wildman–Crippen MR) is 81.1 cm³/mol. The van der Waals surface area contributed by atoms with Crippen molar-refractivity contribution in [2.45, 2.75) is 13.1 Å². The normalized spacial score (nSPS) is 10.2. The third-order valence-corrected chi connectivity index (χ3v) is 3.28. The highest BCUT2D eigenvalue weighted by atomic mass is 79.9. The van der Waals surface area contributed by atoms with E-state index >= 15 is 0 Å². The second kappa shape index (κ2) is 6.38. The lowest BCUT2D eigenvalue weighted by Crippen LogP contribution is -2.32. The average molecular weight is 336 g/mol. The first-order chi connectivity index (χ1) is 9.56. The largest absolute Gasteiger partial charge is 0.398 e. The van der Waals surface area contributed by atoms with E-state index in [0.29, 0.717) is 16.7 Å². The standard InChI is InChI=1S/C14H14BrN3O2/c15-12-6-11(16)8-18(14(12)20)9-13(19)17-7-10-4-2-1-3-5-10/h1-6,8H,7,9,16H2,(H,17,19). The third-order valence-electron chi connectivity index (χ3n) is 2.71. The Morgan fingerprint density at radius 2 is 2.00 bits per heavy atom. The number of carbonyl (C=O) groups is 1. The van der Waals surface area contributed by atoms with Crippen molar-refractivity contribution in [3.8, 4) is 0 Å². The molecule has 1 amide bonds. The molecule has 0 radical (unpaired) electrons. The number of hydrogen-bond donors (Lipinski definition) is 2. The molecule has 104 valence electrons. The number of nitrogens with zero attached hydrogens (tertiary/aromatic N) is 1. The first-order valence-corrected chi connectivity index (χ1v) is 6.81. The van der Waals surface area contributed by atoms with Gasteiger partial charge in [-0.3, -0.25) is 9.59 Å². The van der Waals surface area contributed by atoms with Gasteiger partial charge in [0.1, 0.15) is 6.54 Å². The van der Waals surface area contributed by atoms with Gasteiger partial charge in [-0.25, -0.2) is 0 Å². The van der Waals surface area contributed by atoms with E-state index in [4.69, 9.17) is 5.73 Å². The van der Waals surface area contributed by atoms with Gasteiger partial charge in [0.25, 0.3) is 5.56 Å². The van der Waals surface area contributed by atoms with Crippen LogP contribution in [0, 0.1) is 0 Å². The Hall–Kier alpha value is -2.08. The zero-order chi connectivity index (χ0) is 14.5. The van der Waals surface area contributed by atoms with Crippen molar-refractivity contribution in [3.05, 3.63) is 63.0 Å². The summed E-state index contributed by atoms with van der Waals surface area (Å²) < 4.78 is 1.62. The van der Waals surface area contributed by atoms with Crippen LogP contribution in [-0.2, 0) is 17.9 Å². The van der Waals surface area contributed by atoms with Gasteiger partial charge in [-0.1, -0.05) is 30.3 Å². The molecular weight excluding hydrogens is 322 g/mol. The van der Waals surface area contributed by atoms with Gasteiger partial charge in [0, 0.05) is 18.4 Å². The van der Waals surface area contributed by atoms with Crippen LogP contribution >= 0.6 is 15.9 Å². The van der Waals surface area contributed by atoms with E-state index < -0.39 is 0 Å². The molecule has 1 heterocycles. The summed E-state index contributed by atoms with van der Waals surface area (Å²) >= 11 is 3.12. The van der Waals surface area contributed by atoms with Gasteiger partial charge >= 0.3 is 0 Å². The molecule has 0 spiro atoms. The minimum atomic E-state index is -0.283. The van der Waals surface area contributed by atoms with Gasteiger partial charge in [0.05, 0.1) is 4.47 Å². The van der Waals surface area contributed by atoms with E-state index in [0.717, 1.165) is 5.56 Å². The summed E-state index contributed by atoms with van der Waals surface area (Å²) in [7, 11) is 0. The maximum Gasteiger partial charge on any atom is 0.265 e. The number of amides is 1. The van der Waals surface area contributed by atoms with Gasteiger partial charge in [-0.05, 0) is 27.6 Å². The third kappa shape index (κ3) is 3.71. The molecule has 0 atom stereocenters. The molecule has 6 heteroatoms. The fourth-order valence-corrected chi connectivity index (χ4v) is 2.24. The van der Waals surface area contributed by atoms with E-state index in [1.807, 2.05) is 30.3 Å². The molecule has 0 unspecified atom stereocenters. The van der Waals surface area contributed by atoms with Gasteiger partial charge in [-0.15, -0.1) is 0 Å². The molecule has 0 bridgehead atoms. The zero-order valence-electron chi connectivity index (χ0n) is 10.7. The SMILES string of the molecule is Nc1cc(Br)c(=O)n(CC(=O)NCc2ccccc2)c1. The molecule has 1 aromatic carbocycles. The van der Waals surface area contributed by atoms with E-state index in [1.54, 1.807) is 0 Å². The molecule has 20 heavy (non-hydrogen) atoms. The van der Waals surface area contributed by atoms with Gasteiger partial charge in [-0.2, -0.15) is 0 Å². The molecule has 3 N–H and O–H groups in total. The molecule has 5 nitrogen and oxygen atoms in total. The fraction of sp³-hybridized carbons (Fsp3) is 0.143. The Kier molecular flexibility index (Phi) is 4.57. The molecule has 0 aliphatic heterocycles. The number of rotatable bonds is 4. The highest BCUT2D eigenvalue weighted by molar-refractivity contribution is 9.10. The highest BCUT2D eigenvalue weighted by Crippen LogP contribution is 2.08. The summed E-state index contributed by atoms with van der Waals surface area (Å²) in [5.41, 5.74) is 6.79. The van der Waals surface area contributed by atoms with Crippen LogP contribution in [0.25, 0.3) is 0 Å². The topological polar surface area (TPSA) is 77.1 Å². The predicted octanol–water partition coefficient (Wildman–Crippen LogP) is 1.51. The van der Waals surface area contributed by atoms with Crippen molar-refractivity contribution < 1.29 is 4.79 Å². The second-order valence-electron chi connectivity index (χ2n) is 4.32. The number of nitrogen functional groups attached to an aromatic ring is 1. The summed E-state index contributed by atoms with van der Waals surface area (Å²) in [6.07, 6.45) is 1.45. The highest BCUT2D eigenvalue weighted by Gasteiger charge is 2.07. The van der Waals surface area contributed by atoms with Crippen molar-refractivity contribution in [3.63, 3.8) is 0 Å². The van der Waals surface area contributed by atoms with E-state index in [1.165, 1.54) is 16.8 Å². The number of anilines is 1. The van der Waals surface area contributed by atoms with Crippen LogP contribution in [0.5, 0.6) is 0 Å². The molecule has 1 aromatic heterocycles. The van der Waals surface area contributed by atoms with Crippen LogP contribution in [0.2, 0.25) is 0 Å². The zero-order valence-corrected chi connectivity index (χ0v) is 12.3. The summed E-state index contributed by atoms with van der Waals surface area (Å²) in [5, 5.41) is 2.76. The monoisotopic (exact) mass is 335 g/mol. The maximum absolute atomic E-state index is 11.8. The van der Waals surface area contributed by atoms with Gasteiger partial charge in [0.15, 0.2) is 0 Å². The lowest BCUT2D eigenvalue weighted by molar-refractivity contribution is -0.121. The van der Waals surface area contributed by atoms with Crippen LogP contribution in [0.4, 0.5) is 5.69 Å². The summed E-state index contributed by atoms with van der Waals surface area (Å²) in [6.45, 7) is 0.368. The quantitative estimate of drug-likeness (QED) is 0.889. The number of nitrogens with one attached hydrogen (secondary N) is 1. The fourth-order valence-electron chi connectivity index (χ4n) is 1.75. The van der Waals surface area contributed by atoms with Crippen molar-refractivity contribution in [1.29, 1.82) is 0 Å². The molecule has 0 fully saturated rings. The first-order valence-electron chi connectivity index (χ1n) is 6.02. The smallest absolute Gasteiger partial charge is 0.265 e. The van der Waals surface area contributed by atoms with Crippen LogP contribution in [-0.4, -0.2) is 10.5 Å². The number of hydrogen-bond acceptors (Lipinski definition) is 3. The summed E-state index contributed by atoms with van der Waals surface area (Å²) in [4.78, 5) is 23.6. The number of pyridine rings is 1. The first kappa shape index (κ1) is 14.3. The Bertz CT molecular complexity index is 668. The Morgan fingerprint density at radius 1 is 1.30 bits per heavy atom. The van der Waals surface area contributed by atoms with E-state index in [-0.39, 0.29) is 18.0 Å². The molecule has 2 aromatic rings. The summed E-state index contributed by atoms with van der Waals surface area (Å²) in [5.74, 6) is -0.242. The number of benzene rings is 1. The molecule has 2 rings (SSSR count). The Balaban J connectivity index is 2.00. The number of nitrogens with two attached hydrogens (primary N) is 1. The van der Waals surface area contributed by atoms with Crippen molar-refractivity contribution in [2.24, 2.45) is 0 Å². The van der Waals surface area contributed by atoms with Gasteiger partial charge in [0.2, 0.25) is 5.91 Å². The Morgan fingerprint density at radius 3 is 2.70 bits per heavy atom. The van der Waals surface area contributed by atoms with Crippen LogP contribution < -0.4 is 16.6 Å². The summed E-state index contributed by atoms with van der Waals surface area (Å²) in [6, 6.07) is 11.1. The Labute approximate surface area is 124 Å². The molecule has 0 aliphatic carbocycles. The van der Waals surface area contributed by atoms with Crippen LogP contribution in [0.3, 0.4) is 0 Å². The second-order valence-corrected chi connectivity index (χ2v) is 5.17. The van der Waals surface area contributed by atoms with Crippen LogP contribution in [0.1, 0.15) is 5.56 Å². The average Bonchev–Trinajstić information content (AvgIpc) is 2.43. The lowest BCUT2D eigenvalue weighted by atomic mass is 10.2. The van der Waals surface area contributed by atoms with E-state index in [9.17, 15) is 9.59 Å². The maximum atomic E-state index is 11.8. The minimum Gasteiger partial charge on any atom is -0.398 e. The molecule has 0 aliphatic rings. The minimum absolute atomic E-state index is 0.0602. The number of aromatic nitrogens is 1. The van der Waals surface area contributed by atoms with E-state index in [2.05, 4.69) is 21.2 Å². The van der Waals surface area contributed by atoms with Crippen molar-refractivity contribution >= 4 is 27.5 Å². The number of halogens is 1.